The van der Waals surface area contributed by atoms with Crippen LogP contribution in [0.5, 0.6) is 0 Å². The average molecular weight is 219 g/mol. The smallest absolute Gasteiger partial charge is 0.193 e. The molecule has 14 heavy (non-hydrogen) atoms. The van der Waals surface area contributed by atoms with E-state index >= 15 is 0 Å². The first-order valence-corrected chi connectivity index (χ1v) is 4.12. The standard InChI is InChI=1S/C10H6ClF3/c11-10(14)8(6-9(12)13)7-4-2-1-3-5-7/h1-6H. The lowest BCUT2D eigenvalue weighted by molar-refractivity contribution is 0.422. The normalized spacial score (nSPS) is 12.0. The summed E-state index contributed by atoms with van der Waals surface area (Å²) >= 11 is 5.06. The number of benzene rings is 1. The zero-order chi connectivity index (χ0) is 10.6. The Hall–Kier alpha value is -1.22. The van der Waals surface area contributed by atoms with Gasteiger partial charge in [0.05, 0.1) is 0 Å². The molecule has 0 bridgehead atoms. The monoisotopic (exact) mass is 218 g/mol. The van der Waals surface area contributed by atoms with Gasteiger partial charge in [-0.25, -0.2) is 0 Å². The van der Waals surface area contributed by atoms with E-state index in [2.05, 4.69) is 0 Å². The Bertz CT molecular complexity index is 360. The first kappa shape index (κ1) is 10.9. The van der Waals surface area contributed by atoms with Crippen molar-refractivity contribution in [3.8, 4) is 0 Å². The topological polar surface area (TPSA) is 0 Å². The van der Waals surface area contributed by atoms with E-state index < -0.39 is 11.4 Å². The maximum atomic E-state index is 12.7. The highest BCUT2D eigenvalue weighted by molar-refractivity contribution is 6.31. The third-order valence-corrected chi connectivity index (χ3v) is 1.75. The molecule has 74 valence electrons. The lowest BCUT2D eigenvalue weighted by Crippen LogP contribution is -1.81. The van der Waals surface area contributed by atoms with Crippen LogP contribution in [0.15, 0.2) is 47.8 Å². The number of halogens is 4. The molecule has 1 aromatic rings. The molecule has 0 aliphatic heterocycles. The molecule has 0 fully saturated rings. The van der Waals surface area contributed by atoms with Crippen LogP contribution in [0.25, 0.3) is 5.57 Å². The van der Waals surface area contributed by atoms with Gasteiger partial charge < -0.3 is 0 Å². The van der Waals surface area contributed by atoms with Gasteiger partial charge in [0, 0.05) is 11.6 Å². The maximum Gasteiger partial charge on any atom is 0.271 e. The van der Waals surface area contributed by atoms with E-state index in [0.29, 0.717) is 11.6 Å². The van der Waals surface area contributed by atoms with Crippen molar-refractivity contribution in [2.24, 2.45) is 0 Å². The fourth-order valence-corrected chi connectivity index (χ4v) is 1.14. The second-order valence-corrected chi connectivity index (χ2v) is 2.81. The van der Waals surface area contributed by atoms with Crippen molar-refractivity contribution in [3.05, 3.63) is 53.3 Å². The number of hydrogen-bond acceptors (Lipinski definition) is 0. The predicted molar refractivity (Wildman–Crippen MR) is 50.6 cm³/mol. The first-order valence-electron chi connectivity index (χ1n) is 3.74. The molecule has 0 aromatic heterocycles. The summed E-state index contributed by atoms with van der Waals surface area (Å²) in [4.78, 5) is 0. The molecule has 0 unspecified atom stereocenters. The van der Waals surface area contributed by atoms with E-state index in [4.69, 9.17) is 11.6 Å². The summed E-state index contributed by atoms with van der Waals surface area (Å²) in [6.45, 7) is 0. The van der Waals surface area contributed by atoms with Gasteiger partial charge in [-0.1, -0.05) is 41.9 Å². The molecule has 0 N–H and O–H groups in total. The van der Waals surface area contributed by atoms with Crippen molar-refractivity contribution in [2.45, 2.75) is 0 Å². The van der Waals surface area contributed by atoms with E-state index in [0.717, 1.165) is 0 Å². The molecule has 1 aromatic carbocycles. The van der Waals surface area contributed by atoms with Gasteiger partial charge in [0.25, 0.3) is 6.08 Å². The third-order valence-electron chi connectivity index (χ3n) is 1.54. The second kappa shape index (κ2) is 4.86. The van der Waals surface area contributed by atoms with E-state index in [1.54, 1.807) is 18.2 Å². The molecule has 0 amide bonds. The minimum absolute atomic E-state index is 0.313. The van der Waals surface area contributed by atoms with Gasteiger partial charge in [-0.15, -0.1) is 0 Å². The van der Waals surface area contributed by atoms with Gasteiger partial charge >= 0.3 is 0 Å². The van der Waals surface area contributed by atoms with Crippen LogP contribution in [0.1, 0.15) is 5.56 Å². The zero-order valence-corrected chi connectivity index (χ0v) is 7.73. The van der Waals surface area contributed by atoms with Crippen molar-refractivity contribution in [1.82, 2.24) is 0 Å². The van der Waals surface area contributed by atoms with Crippen LogP contribution in [-0.2, 0) is 0 Å². The fraction of sp³-hybridized carbons (Fsp3) is 0. The molecule has 0 saturated heterocycles. The highest BCUT2D eigenvalue weighted by Gasteiger charge is 2.06. The second-order valence-electron chi connectivity index (χ2n) is 2.47. The molecule has 0 aliphatic rings. The van der Waals surface area contributed by atoms with Gasteiger partial charge in [0.15, 0.2) is 5.29 Å². The summed E-state index contributed by atoms with van der Waals surface area (Å²) in [5.74, 6) is 0. The Balaban J connectivity index is 3.17. The Morgan fingerprint density at radius 3 is 2.07 bits per heavy atom. The molecule has 0 aliphatic carbocycles. The lowest BCUT2D eigenvalue weighted by Gasteiger charge is -2.00. The maximum absolute atomic E-state index is 12.7. The number of allylic oxidation sites excluding steroid dienone is 2. The van der Waals surface area contributed by atoms with Crippen LogP contribution >= 0.6 is 11.6 Å². The van der Waals surface area contributed by atoms with E-state index in [-0.39, 0.29) is 5.57 Å². The Morgan fingerprint density at radius 2 is 1.64 bits per heavy atom. The quantitative estimate of drug-likeness (QED) is 0.648. The predicted octanol–water partition coefficient (Wildman–Crippen LogP) is 4.34. The molecule has 0 radical (unpaired) electrons. The van der Waals surface area contributed by atoms with Gasteiger partial charge in [-0.05, 0) is 5.56 Å². The fourth-order valence-electron chi connectivity index (χ4n) is 0.974. The number of hydrogen-bond donors (Lipinski definition) is 0. The van der Waals surface area contributed by atoms with Crippen LogP contribution in [-0.4, -0.2) is 0 Å². The van der Waals surface area contributed by atoms with Crippen LogP contribution < -0.4 is 0 Å². The van der Waals surface area contributed by atoms with Crippen LogP contribution in [0.2, 0.25) is 0 Å². The summed E-state index contributed by atoms with van der Waals surface area (Å²) < 4.78 is 36.5. The van der Waals surface area contributed by atoms with Gasteiger partial charge in [-0.3, -0.25) is 0 Å². The largest absolute Gasteiger partial charge is 0.271 e. The Labute approximate surface area is 84.3 Å². The summed E-state index contributed by atoms with van der Waals surface area (Å²) in [6, 6.07) is 7.91. The Kier molecular flexibility index (Phi) is 3.77. The molecule has 4 heteroatoms. The molecular formula is C10H6ClF3. The summed E-state index contributed by atoms with van der Waals surface area (Å²) in [7, 11) is 0. The molecule has 0 spiro atoms. The van der Waals surface area contributed by atoms with E-state index in [1.807, 2.05) is 0 Å². The van der Waals surface area contributed by atoms with E-state index in [1.165, 1.54) is 12.1 Å². The highest BCUT2D eigenvalue weighted by atomic mass is 35.5. The van der Waals surface area contributed by atoms with Crippen LogP contribution in [0, 0.1) is 0 Å². The first-order chi connectivity index (χ1) is 6.61. The minimum Gasteiger partial charge on any atom is -0.193 e. The molecule has 1 rings (SSSR count). The molecule has 0 atom stereocenters. The third kappa shape index (κ3) is 2.92. The van der Waals surface area contributed by atoms with Crippen molar-refractivity contribution in [2.75, 3.05) is 0 Å². The SMILES string of the molecule is FC(F)=CC(=C(F)Cl)c1ccccc1. The Morgan fingerprint density at radius 1 is 1.07 bits per heavy atom. The molecule has 0 heterocycles. The van der Waals surface area contributed by atoms with Gasteiger partial charge in [0.2, 0.25) is 0 Å². The van der Waals surface area contributed by atoms with Crippen molar-refractivity contribution in [1.29, 1.82) is 0 Å². The van der Waals surface area contributed by atoms with Gasteiger partial charge in [0.1, 0.15) is 0 Å². The minimum atomic E-state index is -1.99. The number of rotatable bonds is 2. The van der Waals surface area contributed by atoms with Crippen molar-refractivity contribution < 1.29 is 13.2 Å². The van der Waals surface area contributed by atoms with Crippen LogP contribution in [0.3, 0.4) is 0 Å². The summed E-state index contributed by atoms with van der Waals surface area (Å²) in [5, 5.41) is -1.15. The van der Waals surface area contributed by atoms with Crippen LogP contribution in [0.4, 0.5) is 13.2 Å². The van der Waals surface area contributed by atoms with Gasteiger partial charge in [-0.2, -0.15) is 13.2 Å². The van der Waals surface area contributed by atoms with Crippen molar-refractivity contribution >= 4 is 17.2 Å². The molecule has 0 saturated carbocycles. The van der Waals surface area contributed by atoms with Crippen molar-refractivity contribution in [3.63, 3.8) is 0 Å². The summed E-state index contributed by atoms with van der Waals surface area (Å²) in [6.07, 6.45) is -1.59. The van der Waals surface area contributed by atoms with E-state index in [9.17, 15) is 13.2 Å². The molecular weight excluding hydrogens is 213 g/mol. The zero-order valence-electron chi connectivity index (χ0n) is 6.98. The highest BCUT2D eigenvalue weighted by Crippen LogP contribution is 2.25. The summed E-state index contributed by atoms with van der Waals surface area (Å²) in [5.41, 5.74) is 0.0000617. The average Bonchev–Trinajstić information content (AvgIpc) is 2.15. The lowest BCUT2D eigenvalue weighted by atomic mass is 10.1. The molecule has 0 nitrogen and oxygen atoms in total.